The molecule has 1 aromatic carbocycles. The monoisotopic (exact) mass is 278 g/mol. The Hall–Kier alpha value is -1.12. The van der Waals surface area contributed by atoms with Gasteiger partial charge in [-0.1, -0.05) is 13.0 Å². The smallest absolute Gasteiger partial charge is 0.240 e. The van der Waals surface area contributed by atoms with Gasteiger partial charge in [-0.05, 0) is 18.6 Å². The maximum absolute atomic E-state index is 11.8. The molecule has 1 rings (SSSR count). The van der Waals surface area contributed by atoms with E-state index in [9.17, 15) is 16.8 Å². The first-order chi connectivity index (χ1) is 7.70. The van der Waals surface area contributed by atoms with Crippen molar-refractivity contribution in [1.29, 1.82) is 0 Å². The molecule has 0 amide bonds. The molecule has 6 nitrogen and oxygen atoms in total. The van der Waals surface area contributed by atoms with Gasteiger partial charge in [0.05, 0.1) is 16.3 Å². The number of primary sulfonamides is 1. The number of nitrogen functional groups attached to an aromatic ring is 1. The number of anilines is 1. The average Bonchev–Trinajstić information content (AvgIpc) is 2.15. The molecule has 0 saturated carbocycles. The summed E-state index contributed by atoms with van der Waals surface area (Å²) in [5, 5.41) is 4.94. The van der Waals surface area contributed by atoms with Gasteiger partial charge < -0.3 is 5.73 Å². The highest BCUT2D eigenvalue weighted by atomic mass is 32.2. The summed E-state index contributed by atoms with van der Waals surface area (Å²) in [6.45, 7) is 1.71. The molecule has 0 bridgehead atoms. The largest absolute Gasteiger partial charge is 0.397 e. The van der Waals surface area contributed by atoms with Gasteiger partial charge in [-0.15, -0.1) is 0 Å². The third kappa shape index (κ3) is 2.96. The Morgan fingerprint density at radius 3 is 2.12 bits per heavy atom. The van der Waals surface area contributed by atoms with E-state index >= 15 is 0 Å². The zero-order valence-electron chi connectivity index (χ0n) is 9.25. The lowest BCUT2D eigenvalue weighted by molar-refractivity contribution is 0.594. The van der Waals surface area contributed by atoms with Crippen LogP contribution in [0.4, 0.5) is 5.69 Å². The van der Waals surface area contributed by atoms with Gasteiger partial charge in [-0.3, -0.25) is 0 Å². The van der Waals surface area contributed by atoms with Gasteiger partial charge in [0, 0.05) is 0 Å². The maximum atomic E-state index is 11.8. The first-order valence-electron chi connectivity index (χ1n) is 4.84. The number of sulfonamides is 1. The lowest BCUT2D eigenvalue weighted by atomic mass is 10.3. The standard InChI is InChI=1S/C9H14N2O4S2/c1-2-6-16(12,13)7-4-3-5-8(9(7)10)17(11,14)15/h3-5H,2,6,10H2,1H3,(H2,11,14,15). The molecule has 4 N–H and O–H groups in total. The van der Waals surface area contributed by atoms with Crippen molar-refractivity contribution in [2.45, 2.75) is 23.1 Å². The molecule has 0 atom stereocenters. The van der Waals surface area contributed by atoms with Crippen LogP contribution in [0.15, 0.2) is 28.0 Å². The molecular weight excluding hydrogens is 264 g/mol. The molecule has 0 aliphatic rings. The van der Waals surface area contributed by atoms with Gasteiger partial charge in [0.15, 0.2) is 9.84 Å². The summed E-state index contributed by atoms with van der Waals surface area (Å²) >= 11 is 0. The molecular formula is C9H14N2O4S2. The van der Waals surface area contributed by atoms with Crippen molar-refractivity contribution in [3.63, 3.8) is 0 Å². The van der Waals surface area contributed by atoms with Crippen LogP contribution in [-0.2, 0) is 19.9 Å². The SMILES string of the molecule is CCCS(=O)(=O)c1cccc(S(N)(=O)=O)c1N. The predicted molar refractivity (Wildman–Crippen MR) is 64.6 cm³/mol. The van der Waals surface area contributed by atoms with Gasteiger partial charge in [-0.2, -0.15) is 0 Å². The molecule has 0 aliphatic carbocycles. The highest BCUT2D eigenvalue weighted by Gasteiger charge is 2.22. The second kappa shape index (κ2) is 4.63. The molecule has 17 heavy (non-hydrogen) atoms. The van der Waals surface area contributed by atoms with Gasteiger partial charge in [-0.25, -0.2) is 22.0 Å². The molecule has 0 aliphatic heterocycles. The van der Waals surface area contributed by atoms with Crippen molar-refractivity contribution in [3.05, 3.63) is 18.2 Å². The topological polar surface area (TPSA) is 120 Å². The van der Waals surface area contributed by atoms with E-state index in [-0.39, 0.29) is 21.2 Å². The summed E-state index contributed by atoms with van der Waals surface area (Å²) < 4.78 is 46.0. The number of nitrogens with two attached hydrogens (primary N) is 2. The number of hydrogen-bond donors (Lipinski definition) is 2. The summed E-state index contributed by atoms with van der Waals surface area (Å²) in [5.41, 5.74) is 5.23. The van der Waals surface area contributed by atoms with E-state index in [0.29, 0.717) is 6.42 Å². The summed E-state index contributed by atoms with van der Waals surface area (Å²) in [7, 11) is -7.59. The van der Waals surface area contributed by atoms with Crippen LogP contribution >= 0.6 is 0 Å². The first kappa shape index (κ1) is 13.9. The average molecular weight is 278 g/mol. The molecule has 0 unspecified atom stereocenters. The van der Waals surface area contributed by atoms with Crippen LogP contribution in [0, 0.1) is 0 Å². The van der Waals surface area contributed by atoms with Crippen molar-refractivity contribution < 1.29 is 16.8 Å². The molecule has 0 heterocycles. The number of sulfone groups is 1. The molecule has 0 spiro atoms. The summed E-state index contributed by atoms with van der Waals surface area (Å²) in [4.78, 5) is -0.555. The fourth-order valence-electron chi connectivity index (χ4n) is 1.42. The Morgan fingerprint density at radius 1 is 1.12 bits per heavy atom. The Bertz CT molecular complexity index is 620. The van der Waals surface area contributed by atoms with Gasteiger partial charge in [0.25, 0.3) is 0 Å². The van der Waals surface area contributed by atoms with E-state index in [4.69, 9.17) is 10.9 Å². The van der Waals surface area contributed by atoms with Crippen LogP contribution in [-0.4, -0.2) is 22.6 Å². The fraction of sp³-hybridized carbons (Fsp3) is 0.333. The van der Waals surface area contributed by atoms with Crippen molar-refractivity contribution in [2.24, 2.45) is 5.14 Å². The quantitative estimate of drug-likeness (QED) is 0.757. The van der Waals surface area contributed by atoms with Crippen LogP contribution in [0.2, 0.25) is 0 Å². The molecule has 0 fully saturated rings. The maximum Gasteiger partial charge on any atom is 0.240 e. The van der Waals surface area contributed by atoms with Crippen molar-refractivity contribution in [1.82, 2.24) is 0 Å². The van der Waals surface area contributed by atoms with E-state index in [0.717, 1.165) is 0 Å². The van der Waals surface area contributed by atoms with Gasteiger partial charge >= 0.3 is 0 Å². The minimum absolute atomic E-state index is 0.0920. The van der Waals surface area contributed by atoms with E-state index in [2.05, 4.69) is 0 Å². The molecule has 8 heteroatoms. The Labute approximate surface area is 101 Å². The van der Waals surface area contributed by atoms with Gasteiger partial charge in [0.1, 0.15) is 4.90 Å². The molecule has 0 saturated heterocycles. The van der Waals surface area contributed by atoms with E-state index in [1.807, 2.05) is 0 Å². The number of hydrogen-bond acceptors (Lipinski definition) is 5. The Balaban J connectivity index is 3.50. The highest BCUT2D eigenvalue weighted by Crippen LogP contribution is 2.26. The predicted octanol–water partition coefficient (Wildman–Crippen LogP) is 0.0999. The van der Waals surface area contributed by atoms with Crippen molar-refractivity contribution >= 4 is 25.5 Å². The number of rotatable bonds is 4. The lowest BCUT2D eigenvalue weighted by Crippen LogP contribution is -2.17. The van der Waals surface area contributed by atoms with Crippen molar-refractivity contribution in [3.8, 4) is 0 Å². The van der Waals surface area contributed by atoms with Crippen molar-refractivity contribution in [2.75, 3.05) is 11.5 Å². The minimum atomic E-state index is -4.02. The summed E-state index contributed by atoms with van der Waals surface area (Å²) in [5.74, 6) is -0.0920. The van der Waals surface area contributed by atoms with Crippen LogP contribution in [0.1, 0.15) is 13.3 Å². The Morgan fingerprint density at radius 2 is 1.65 bits per heavy atom. The summed E-state index contributed by atoms with van der Waals surface area (Å²) in [6, 6.07) is 3.75. The lowest BCUT2D eigenvalue weighted by Gasteiger charge is -2.09. The van der Waals surface area contributed by atoms with Crippen LogP contribution in [0.25, 0.3) is 0 Å². The van der Waals surface area contributed by atoms with Crippen LogP contribution in [0.3, 0.4) is 0 Å². The highest BCUT2D eigenvalue weighted by molar-refractivity contribution is 7.92. The molecule has 0 aromatic heterocycles. The zero-order valence-corrected chi connectivity index (χ0v) is 10.9. The second-order valence-electron chi connectivity index (χ2n) is 3.53. The zero-order chi connectivity index (χ0) is 13.3. The third-order valence-corrected chi connectivity index (χ3v) is 5.08. The number of benzene rings is 1. The van der Waals surface area contributed by atoms with Crippen LogP contribution in [0.5, 0.6) is 0 Å². The van der Waals surface area contributed by atoms with Crippen LogP contribution < -0.4 is 10.9 Å². The van der Waals surface area contributed by atoms with E-state index in [1.54, 1.807) is 6.92 Å². The minimum Gasteiger partial charge on any atom is -0.397 e. The van der Waals surface area contributed by atoms with Gasteiger partial charge in [0.2, 0.25) is 10.0 Å². The third-order valence-electron chi connectivity index (χ3n) is 2.14. The van der Waals surface area contributed by atoms with E-state index in [1.165, 1.54) is 18.2 Å². The molecule has 0 radical (unpaired) electrons. The fourth-order valence-corrected chi connectivity index (χ4v) is 3.66. The second-order valence-corrected chi connectivity index (χ2v) is 7.14. The molecule has 96 valence electrons. The molecule has 1 aromatic rings. The normalized spacial score (nSPS) is 12.6. The first-order valence-corrected chi connectivity index (χ1v) is 8.04. The summed E-state index contributed by atoms with van der Waals surface area (Å²) in [6.07, 6.45) is 0.418. The number of para-hydroxylation sites is 1. The van der Waals surface area contributed by atoms with E-state index < -0.39 is 19.9 Å². The Kier molecular flexibility index (Phi) is 3.80.